The minimum atomic E-state index is -1.42. The van der Waals surface area contributed by atoms with Gasteiger partial charge < -0.3 is 28.6 Å². The van der Waals surface area contributed by atoms with Crippen molar-refractivity contribution in [2.75, 3.05) is 37.7 Å². The molecule has 292 valence electrons. The Morgan fingerprint density at radius 1 is 1.02 bits per heavy atom. The lowest BCUT2D eigenvalue weighted by Gasteiger charge is -2.50. The third-order valence-corrected chi connectivity index (χ3v) is 10.3. The maximum Gasteiger partial charge on any atom is 0.516 e. The lowest BCUT2D eigenvalue weighted by molar-refractivity contribution is -0.173. The summed E-state index contributed by atoms with van der Waals surface area (Å²) in [6.07, 6.45) is 0.0152. The Morgan fingerprint density at radius 2 is 1.67 bits per heavy atom. The van der Waals surface area contributed by atoms with Gasteiger partial charge in [0.2, 0.25) is 0 Å². The van der Waals surface area contributed by atoms with Crippen LogP contribution in [0.1, 0.15) is 92.1 Å². The summed E-state index contributed by atoms with van der Waals surface area (Å²) in [4.78, 5) is 61.9. The quantitative estimate of drug-likeness (QED) is 0.133. The number of esters is 1. The van der Waals surface area contributed by atoms with E-state index in [4.69, 9.17) is 33.8 Å². The van der Waals surface area contributed by atoms with E-state index < -0.39 is 52.4 Å². The molecule has 1 aliphatic carbocycles. The van der Waals surface area contributed by atoms with Crippen molar-refractivity contribution >= 4 is 35.6 Å². The number of aryl methyl sites for hydroxylation is 1. The summed E-state index contributed by atoms with van der Waals surface area (Å²) in [6, 6.07) is 12.6. The minimum absolute atomic E-state index is 0.00714. The number of aromatic nitrogens is 3. The number of imide groups is 1. The predicted octanol–water partition coefficient (Wildman–Crippen LogP) is 6.95. The van der Waals surface area contributed by atoms with E-state index in [1.165, 1.54) is 5.56 Å². The number of amides is 2. The molecule has 4 aliphatic rings. The third kappa shape index (κ3) is 7.62. The number of benzene rings is 1. The molecule has 4 fully saturated rings. The van der Waals surface area contributed by atoms with Crippen LogP contribution in [-0.4, -0.2) is 87.9 Å². The van der Waals surface area contributed by atoms with Crippen LogP contribution in [0.5, 0.6) is 0 Å². The molecule has 2 aromatic heterocycles. The molecule has 3 unspecified atom stereocenters. The maximum atomic E-state index is 14.1. The highest BCUT2D eigenvalue weighted by atomic mass is 16.7. The standard InChI is InChI=1S/C40H53N5O9/c1-25(2)20-50-35(49)52-31(46)29-39(23-44(33(47)53-36(4,5)6)34(48)54-37(7,8)9)21-40(29,51-24-39)32-41-30-26(3)18-28(19-45(30)42-32)43-17-16-38(10,22-43)27-14-12-11-13-15-27/h11-15,18-19,25,29H,16-17,20-24H2,1-10H3/t29?,38-,39?,40?/m0/s1. The fourth-order valence-corrected chi connectivity index (χ4v) is 7.84. The van der Waals surface area contributed by atoms with Gasteiger partial charge in [-0.1, -0.05) is 51.1 Å². The first kappa shape index (κ1) is 39.0. The van der Waals surface area contributed by atoms with E-state index in [0.717, 1.165) is 35.7 Å². The number of pyridine rings is 1. The van der Waals surface area contributed by atoms with Crippen LogP contribution < -0.4 is 4.90 Å². The van der Waals surface area contributed by atoms with Crippen LogP contribution in [0.25, 0.3) is 5.65 Å². The van der Waals surface area contributed by atoms with Gasteiger partial charge in [0, 0.05) is 30.5 Å². The lowest BCUT2D eigenvalue weighted by Crippen LogP contribution is -2.62. The van der Waals surface area contributed by atoms with E-state index in [2.05, 4.69) is 42.2 Å². The van der Waals surface area contributed by atoms with Gasteiger partial charge in [0.15, 0.2) is 11.5 Å². The minimum Gasteiger partial charge on any atom is -0.443 e. The highest BCUT2D eigenvalue weighted by Gasteiger charge is 2.77. The fourth-order valence-electron chi connectivity index (χ4n) is 7.84. The van der Waals surface area contributed by atoms with Gasteiger partial charge in [-0.3, -0.25) is 4.79 Å². The van der Waals surface area contributed by atoms with Gasteiger partial charge in [-0.05, 0) is 84.4 Å². The van der Waals surface area contributed by atoms with Crippen molar-refractivity contribution in [3.05, 3.63) is 59.5 Å². The van der Waals surface area contributed by atoms with Crippen LogP contribution in [0.15, 0.2) is 42.6 Å². The summed E-state index contributed by atoms with van der Waals surface area (Å²) >= 11 is 0. The van der Waals surface area contributed by atoms with E-state index in [1.807, 2.05) is 33.0 Å². The molecule has 5 heterocycles. The number of hydrogen-bond acceptors (Lipinski definition) is 12. The van der Waals surface area contributed by atoms with E-state index in [-0.39, 0.29) is 43.3 Å². The highest BCUT2D eigenvalue weighted by molar-refractivity contribution is 5.89. The molecule has 1 aromatic carbocycles. The Labute approximate surface area is 316 Å². The number of fused-ring (bicyclic) bond motifs is 2. The van der Waals surface area contributed by atoms with E-state index >= 15 is 0 Å². The zero-order chi connectivity index (χ0) is 39.4. The normalized spacial score (nSPS) is 25.0. The predicted molar refractivity (Wildman–Crippen MR) is 198 cm³/mol. The van der Waals surface area contributed by atoms with Crippen molar-refractivity contribution in [2.45, 2.75) is 104 Å². The molecule has 54 heavy (non-hydrogen) atoms. The number of carbonyl (C=O) groups excluding carboxylic acids is 4. The van der Waals surface area contributed by atoms with Crippen LogP contribution in [0.3, 0.4) is 0 Å². The maximum absolute atomic E-state index is 14.1. The molecule has 3 saturated heterocycles. The van der Waals surface area contributed by atoms with Gasteiger partial charge in [-0.25, -0.2) is 28.8 Å². The van der Waals surface area contributed by atoms with Gasteiger partial charge in [0.25, 0.3) is 0 Å². The van der Waals surface area contributed by atoms with Gasteiger partial charge in [0.05, 0.1) is 25.1 Å². The summed E-state index contributed by atoms with van der Waals surface area (Å²) in [5.41, 5.74) is -0.754. The molecule has 14 nitrogen and oxygen atoms in total. The van der Waals surface area contributed by atoms with Crippen LogP contribution in [0.2, 0.25) is 0 Å². The number of anilines is 1. The number of carbonyl (C=O) groups is 4. The second-order valence-corrected chi connectivity index (χ2v) is 17.8. The van der Waals surface area contributed by atoms with E-state index in [0.29, 0.717) is 5.65 Å². The van der Waals surface area contributed by atoms with E-state index in [1.54, 1.807) is 46.1 Å². The average Bonchev–Trinajstić information content (AvgIpc) is 3.83. The third-order valence-electron chi connectivity index (χ3n) is 10.3. The van der Waals surface area contributed by atoms with Gasteiger partial charge in [-0.2, -0.15) is 0 Å². The van der Waals surface area contributed by atoms with Crippen LogP contribution in [-0.2, 0) is 39.5 Å². The SMILES string of the molecule is Cc1cc(N2CC[C@](C)(c3ccccc3)C2)cn2nc(C34CC(CN(C(=O)OC(C)(C)C)C(=O)OC(C)(C)C)(CO3)C4C(=O)OC(=O)OCC(C)C)nc12. The Bertz CT molecular complexity index is 1900. The smallest absolute Gasteiger partial charge is 0.443 e. The summed E-state index contributed by atoms with van der Waals surface area (Å²) in [7, 11) is 0. The van der Waals surface area contributed by atoms with Crippen molar-refractivity contribution in [2.24, 2.45) is 17.3 Å². The first-order valence-corrected chi connectivity index (χ1v) is 18.6. The topological polar surface area (TPSA) is 151 Å². The molecule has 0 radical (unpaired) electrons. The highest BCUT2D eigenvalue weighted by Crippen LogP contribution is 2.67. The first-order chi connectivity index (χ1) is 25.1. The van der Waals surface area contributed by atoms with Crippen LogP contribution >= 0.6 is 0 Å². The summed E-state index contributed by atoms with van der Waals surface area (Å²) in [5.74, 6) is -1.89. The molecule has 3 aliphatic heterocycles. The molecule has 0 spiro atoms. The number of rotatable bonds is 8. The fraction of sp³-hybridized carbons (Fsp3) is 0.600. The zero-order valence-electron chi connectivity index (χ0n) is 33.1. The molecule has 2 amide bonds. The Balaban J connectivity index is 1.33. The summed E-state index contributed by atoms with van der Waals surface area (Å²) < 4.78 is 29.7. The van der Waals surface area contributed by atoms with Crippen molar-refractivity contribution in [1.29, 1.82) is 0 Å². The molecule has 14 heteroatoms. The molecule has 2 bridgehead atoms. The largest absolute Gasteiger partial charge is 0.516 e. The number of nitrogens with zero attached hydrogens (tertiary/aromatic N) is 5. The molecule has 7 rings (SSSR count). The molecular weight excluding hydrogens is 694 g/mol. The van der Waals surface area contributed by atoms with E-state index in [9.17, 15) is 19.2 Å². The Hall–Kier alpha value is -4.72. The second kappa shape index (κ2) is 13.8. The van der Waals surface area contributed by atoms with Crippen molar-refractivity contribution in [3.63, 3.8) is 0 Å². The lowest BCUT2D eigenvalue weighted by atomic mass is 9.53. The molecular formula is C40H53N5O9. The summed E-state index contributed by atoms with van der Waals surface area (Å²) in [6.45, 7) is 19.4. The monoisotopic (exact) mass is 747 g/mol. The molecule has 1 saturated carbocycles. The van der Waals surface area contributed by atoms with Crippen molar-refractivity contribution < 1.29 is 42.9 Å². The van der Waals surface area contributed by atoms with Crippen molar-refractivity contribution in [3.8, 4) is 0 Å². The second-order valence-electron chi connectivity index (χ2n) is 17.8. The summed E-state index contributed by atoms with van der Waals surface area (Å²) in [5, 5.41) is 4.87. The van der Waals surface area contributed by atoms with Gasteiger partial charge in [-0.15, -0.1) is 5.10 Å². The average molecular weight is 748 g/mol. The molecule has 0 N–H and O–H groups in total. The van der Waals surface area contributed by atoms with Crippen LogP contribution in [0, 0.1) is 24.2 Å². The number of hydrogen-bond donors (Lipinski definition) is 0. The molecule has 4 atom stereocenters. The van der Waals surface area contributed by atoms with Gasteiger partial charge >= 0.3 is 24.3 Å². The Kier molecular flexibility index (Phi) is 10.00. The van der Waals surface area contributed by atoms with Crippen molar-refractivity contribution in [1.82, 2.24) is 19.5 Å². The van der Waals surface area contributed by atoms with Gasteiger partial charge in [0.1, 0.15) is 22.7 Å². The first-order valence-electron chi connectivity index (χ1n) is 18.6. The molecule has 3 aromatic rings. The van der Waals surface area contributed by atoms with Crippen LogP contribution in [0.4, 0.5) is 20.1 Å². The Morgan fingerprint density at radius 3 is 2.28 bits per heavy atom. The number of ether oxygens (including phenoxy) is 5. The zero-order valence-corrected chi connectivity index (χ0v) is 33.1.